The van der Waals surface area contributed by atoms with E-state index in [-0.39, 0.29) is 5.82 Å². The molecular weight excluding hydrogens is 453 g/mol. The lowest BCUT2D eigenvalue weighted by Gasteiger charge is -2.10. The van der Waals surface area contributed by atoms with E-state index < -0.39 is 0 Å². The van der Waals surface area contributed by atoms with Crippen molar-refractivity contribution >= 4 is 21.9 Å². The molecule has 0 radical (unpaired) electrons. The number of aromatic amines is 2. The number of nitrogens with zero attached hydrogens (tertiary/aromatic N) is 5. The summed E-state index contributed by atoms with van der Waals surface area (Å²) in [5, 5.41) is 8.51. The first-order chi connectivity index (χ1) is 17.4. The van der Waals surface area contributed by atoms with Crippen molar-refractivity contribution in [2.24, 2.45) is 0 Å². The van der Waals surface area contributed by atoms with Crippen molar-refractivity contribution in [3.63, 3.8) is 0 Å². The maximum absolute atomic E-state index is 14.1. The SMILES string of the molecule is Cc1cc(F)cc(-c2cccc3[nH]c(-c4n[nH]c5cnc(-c6cncc(CN(C)C)c6)cc45)nc23)c1. The molecule has 6 aromatic rings. The van der Waals surface area contributed by atoms with Gasteiger partial charge in [-0.05, 0) is 68.0 Å². The van der Waals surface area contributed by atoms with E-state index in [1.807, 2.05) is 63.7 Å². The van der Waals surface area contributed by atoms with Crippen molar-refractivity contribution in [3.05, 3.63) is 84.1 Å². The molecule has 178 valence electrons. The fraction of sp³-hybridized carbons (Fsp3) is 0.143. The van der Waals surface area contributed by atoms with Crippen LogP contribution in [0.15, 0.2) is 67.1 Å². The number of aryl methyl sites for hydroxylation is 1. The molecule has 0 aliphatic rings. The maximum atomic E-state index is 14.1. The van der Waals surface area contributed by atoms with Crippen LogP contribution in [0.4, 0.5) is 4.39 Å². The zero-order valence-electron chi connectivity index (χ0n) is 20.2. The molecule has 0 saturated heterocycles. The van der Waals surface area contributed by atoms with Crippen LogP contribution in [0.1, 0.15) is 11.1 Å². The molecule has 2 aromatic carbocycles. The molecule has 7 nitrogen and oxygen atoms in total. The summed E-state index contributed by atoms with van der Waals surface area (Å²) in [4.78, 5) is 19.4. The van der Waals surface area contributed by atoms with E-state index in [2.05, 4.69) is 36.1 Å². The Labute approximate surface area is 207 Å². The van der Waals surface area contributed by atoms with E-state index in [1.54, 1.807) is 6.20 Å². The number of imidazole rings is 1. The lowest BCUT2D eigenvalue weighted by Crippen LogP contribution is -2.10. The summed E-state index contributed by atoms with van der Waals surface area (Å²) in [5.41, 5.74) is 8.52. The summed E-state index contributed by atoms with van der Waals surface area (Å²) in [6.07, 6.45) is 5.47. The van der Waals surface area contributed by atoms with E-state index in [0.717, 1.165) is 62.0 Å². The van der Waals surface area contributed by atoms with Gasteiger partial charge in [0.2, 0.25) is 0 Å². The van der Waals surface area contributed by atoms with Crippen molar-refractivity contribution in [2.75, 3.05) is 14.1 Å². The highest BCUT2D eigenvalue weighted by Crippen LogP contribution is 2.33. The molecule has 0 fully saturated rings. The van der Waals surface area contributed by atoms with Gasteiger partial charge in [-0.1, -0.05) is 18.2 Å². The number of fused-ring (bicyclic) bond motifs is 2. The van der Waals surface area contributed by atoms with Gasteiger partial charge in [0.1, 0.15) is 11.5 Å². The van der Waals surface area contributed by atoms with Gasteiger partial charge in [0.25, 0.3) is 0 Å². The van der Waals surface area contributed by atoms with Gasteiger partial charge in [0.15, 0.2) is 5.82 Å². The Morgan fingerprint density at radius 3 is 2.67 bits per heavy atom. The van der Waals surface area contributed by atoms with Gasteiger partial charge in [-0.3, -0.25) is 15.1 Å². The molecule has 0 unspecified atom stereocenters. The highest BCUT2D eigenvalue weighted by molar-refractivity contribution is 5.97. The van der Waals surface area contributed by atoms with Crippen LogP contribution in [-0.2, 0) is 6.54 Å². The summed E-state index contributed by atoms with van der Waals surface area (Å²) < 4.78 is 14.1. The monoisotopic (exact) mass is 477 g/mol. The van der Waals surface area contributed by atoms with Gasteiger partial charge < -0.3 is 9.88 Å². The molecular formula is C28H24FN7. The zero-order valence-corrected chi connectivity index (χ0v) is 20.2. The Morgan fingerprint density at radius 1 is 0.944 bits per heavy atom. The number of hydrogen-bond donors (Lipinski definition) is 2. The first-order valence-corrected chi connectivity index (χ1v) is 11.6. The van der Waals surface area contributed by atoms with Gasteiger partial charge in [-0.25, -0.2) is 9.37 Å². The van der Waals surface area contributed by atoms with E-state index in [4.69, 9.17) is 4.98 Å². The number of nitrogens with one attached hydrogen (secondary N) is 2. The maximum Gasteiger partial charge on any atom is 0.159 e. The van der Waals surface area contributed by atoms with Crippen LogP contribution in [0.25, 0.3) is 55.8 Å². The fourth-order valence-electron chi connectivity index (χ4n) is 4.60. The summed E-state index contributed by atoms with van der Waals surface area (Å²) in [5.74, 6) is 0.369. The van der Waals surface area contributed by atoms with E-state index >= 15 is 0 Å². The third-order valence-corrected chi connectivity index (χ3v) is 6.13. The Hall–Kier alpha value is -4.43. The summed E-state index contributed by atoms with van der Waals surface area (Å²) >= 11 is 0. The number of halogens is 1. The summed E-state index contributed by atoms with van der Waals surface area (Å²) in [6.45, 7) is 2.68. The molecule has 0 aliphatic heterocycles. The average molecular weight is 478 g/mol. The number of rotatable bonds is 5. The molecule has 0 saturated carbocycles. The Morgan fingerprint density at radius 2 is 1.83 bits per heavy atom. The van der Waals surface area contributed by atoms with Crippen LogP contribution in [-0.4, -0.2) is 49.1 Å². The Kier molecular flexibility index (Phi) is 5.30. The van der Waals surface area contributed by atoms with Gasteiger partial charge in [-0.2, -0.15) is 5.10 Å². The highest BCUT2D eigenvalue weighted by atomic mass is 19.1. The van der Waals surface area contributed by atoms with Crippen LogP contribution >= 0.6 is 0 Å². The van der Waals surface area contributed by atoms with Gasteiger partial charge in [-0.15, -0.1) is 0 Å². The summed E-state index contributed by atoms with van der Waals surface area (Å²) in [6, 6.07) is 15.0. The van der Waals surface area contributed by atoms with E-state index in [1.165, 1.54) is 12.1 Å². The second-order valence-corrected chi connectivity index (χ2v) is 9.31. The van der Waals surface area contributed by atoms with Crippen LogP contribution in [0.3, 0.4) is 0 Å². The molecule has 6 rings (SSSR count). The number of aromatic nitrogens is 6. The van der Waals surface area contributed by atoms with Crippen LogP contribution in [0.5, 0.6) is 0 Å². The van der Waals surface area contributed by atoms with Crippen LogP contribution in [0.2, 0.25) is 0 Å². The molecule has 2 N–H and O–H groups in total. The summed E-state index contributed by atoms with van der Waals surface area (Å²) in [7, 11) is 4.06. The minimum absolute atomic E-state index is 0.264. The standard InChI is InChI=1S/C28H24FN7/c1-16-7-18(10-20(29)8-16)21-5-4-6-23-26(21)33-28(32-23)27-22-11-24(31-14-25(22)34-35-27)19-9-17(12-30-13-19)15-36(2)3/h4-14H,15H2,1-3H3,(H,32,33)(H,34,35). The molecule has 8 heteroatoms. The first-order valence-electron chi connectivity index (χ1n) is 11.6. The third-order valence-electron chi connectivity index (χ3n) is 6.13. The number of hydrogen-bond acceptors (Lipinski definition) is 5. The van der Waals surface area contributed by atoms with Crippen molar-refractivity contribution in [2.45, 2.75) is 13.5 Å². The lowest BCUT2D eigenvalue weighted by atomic mass is 10.0. The largest absolute Gasteiger partial charge is 0.337 e. The van der Waals surface area contributed by atoms with Gasteiger partial charge >= 0.3 is 0 Å². The van der Waals surface area contributed by atoms with E-state index in [9.17, 15) is 4.39 Å². The predicted molar refractivity (Wildman–Crippen MR) is 140 cm³/mol. The molecule has 0 atom stereocenters. The number of H-pyrrole nitrogens is 2. The second-order valence-electron chi connectivity index (χ2n) is 9.31. The topological polar surface area (TPSA) is 86.4 Å². The minimum atomic E-state index is -0.264. The van der Waals surface area contributed by atoms with Gasteiger partial charge in [0, 0.05) is 35.5 Å². The van der Waals surface area contributed by atoms with E-state index in [0.29, 0.717) is 11.5 Å². The first kappa shape index (κ1) is 22.1. The van der Waals surface area contributed by atoms with Crippen LogP contribution < -0.4 is 0 Å². The molecule has 4 heterocycles. The van der Waals surface area contributed by atoms with Gasteiger partial charge in [0.05, 0.1) is 28.4 Å². The molecule has 4 aromatic heterocycles. The second kappa shape index (κ2) is 8.66. The van der Waals surface area contributed by atoms with Crippen molar-refractivity contribution in [3.8, 4) is 33.9 Å². The zero-order chi connectivity index (χ0) is 24.8. The predicted octanol–water partition coefficient (Wildman–Crippen LogP) is 5.74. The fourth-order valence-corrected chi connectivity index (χ4v) is 4.60. The number of pyridine rings is 2. The van der Waals surface area contributed by atoms with Crippen LogP contribution in [0, 0.1) is 12.7 Å². The third kappa shape index (κ3) is 4.01. The smallest absolute Gasteiger partial charge is 0.159 e. The lowest BCUT2D eigenvalue weighted by molar-refractivity contribution is 0.402. The minimum Gasteiger partial charge on any atom is -0.337 e. The van der Waals surface area contributed by atoms with Crippen molar-refractivity contribution in [1.82, 2.24) is 35.0 Å². The molecule has 0 aliphatic carbocycles. The number of benzene rings is 2. The number of para-hydroxylation sites is 1. The molecule has 0 amide bonds. The highest BCUT2D eigenvalue weighted by Gasteiger charge is 2.17. The Bertz CT molecular complexity index is 1710. The Balaban J connectivity index is 1.45. The molecule has 0 bridgehead atoms. The normalized spacial score (nSPS) is 11.7. The van der Waals surface area contributed by atoms with Crippen molar-refractivity contribution < 1.29 is 4.39 Å². The average Bonchev–Trinajstić information content (AvgIpc) is 3.46. The quantitative estimate of drug-likeness (QED) is 0.331. The molecule has 0 spiro atoms. The van der Waals surface area contributed by atoms with Crippen molar-refractivity contribution in [1.29, 1.82) is 0 Å². The molecule has 36 heavy (non-hydrogen) atoms.